The highest BCUT2D eigenvalue weighted by molar-refractivity contribution is 9.10. The van der Waals surface area contributed by atoms with Gasteiger partial charge in [-0.2, -0.15) is 0 Å². The van der Waals surface area contributed by atoms with Crippen molar-refractivity contribution in [2.75, 3.05) is 18.4 Å². The van der Waals surface area contributed by atoms with Gasteiger partial charge >= 0.3 is 5.97 Å². The van der Waals surface area contributed by atoms with Crippen LogP contribution in [0.3, 0.4) is 0 Å². The van der Waals surface area contributed by atoms with Crippen molar-refractivity contribution in [3.63, 3.8) is 0 Å². The first-order chi connectivity index (χ1) is 11.5. The molecule has 1 heterocycles. The molecule has 1 saturated carbocycles. The second kappa shape index (κ2) is 7.03. The number of benzene rings is 1. The summed E-state index contributed by atoms with van der Waals surface area (Å²) < 4.78 is 14.1. The highest BCUT2D eigenvalue weighted by atomic mass is 79.9. The fraction of sp³-hybridized carbons (Fsp3) is 0.412. The molecule has 1 aromatic heterocycles. The zero-order chi connectivity index (χ0) is 17.3. The molecule has 0 saturated heterocycles. The van der Waals surface area contributed by atoms with Crippen LogP contribution in [0.5, 0.6) is 0 Å². The molecule has 5 nitrogen and oxygen atoms in total. The van der Waals surface area contributed by atoms with Crippen LogP contribution in [0.1, 0.15) is 19.8 Å². The summed E-state index contributed by atoms with van der Waals surface area (Å²) in [6.07, 6.45) is 3.46. The highest BCUT2D eigenvalue weighted by Gasteiger charge is 2.33. The van der Waals surface area contributed by atoms with Gasteiger partial charge in [0.05, 0.1) is 16.5 Å². The van der Waals surface area contributed by atoms with E-state index in [-0.39, 0.29) is 18.4 Å². The number of fused-ring (bicyclic) bond motifs is 1. The number of carboxylic acids is 1. The molecule has 3 rings (SSSR count). The molecule has 24 heavy (non-hydrogen) atoms. The number of anilines is 1. The summed E-state index contributed by atoms with van der Waals surface area (Å²) in [6.45, 7) is 2.79. The number of aromatic nitrogens is 1. The molecule has 0 aliphatic heterocycles. The van der Waals surface area contributed by atoms with Crippen LogP contribution >= 0.6 is 15.9 Å². The molecule has 1 aliphatic rings. The topological polar surface area (TPSA) is 65.5 Å². The molecule has 1 aromatic carbocycles. The molecule has 2 aromatic rings. The van der Waals surface area contributed by atoms with Gasteiger partial charge in [0.15, 0.2) is 0 Å². The average molecular weight is 396 g/mol. The Kier molecular flexibility index (Phi) is 5.01. The lowest BCUT2D eigenvalue weighted by Gasteiger charge is -2.42. The van der Waals surface area contributed by atoms with Gasteiger partial charge in [0.25, 0.3) is 0 Å². The molecule has 0 atom stereocenters. The molecule has 1 aliphatic carbocycles. The Morgan fingerprint density at radius 2 is 2.25 bits per heavy atom. The second-order valence-electron chi connectivity index (χ2n) is 6.07. The minimum atomic E-state index is -0.791. The highest BCUT2D eigenvalue weighted by Crippen LogP contribution is 2.32. The van der Waals surface area contributed by atoms with Crippen LogP contribution in [0.4, 0.5) is 10.1 Å². The molecule has 0 radical (unpaired) electrons. The number of nitrogens with zero attached hydrogens (tertiary/aromatic N) is 2. The summed E-state index contributed by atoms with van der Waals surface area (Å²) in [4.78, 5) is 17.1. The predicted octanol–water partition coefficient (Wildman–Crippen LogP) is 3.49. The standard InChI is InChI=1S/C17H19BrFN3O2/c1-2-22(9-17(23)24)11-5-10(6-11)21-15-3-4-20-16-8-14(19)13(18)7-12(15)16/h3-4,7-8,10-11H,2,5-6,9H2,1H3,(H,20,21)(H,23,24). The zero-order valence-electron chi connectivity index (χ0n) is 13.3. The van der Waals surface area contributed by atoms with Gasteiger partial charge in [-0.25, -0.2) is 4.39 Å². The van der Waals surface area contributed by atoms with Gasteiger partial charge in [0, 0.05) is 35.4 Å². The Morgan fingerprint density at radius 1 is 1.50 bits per heavy atom. The van der Waals surface area contributed by atoms with Crippen molar-refractivity contribution in [3.05, 3.63) is 34.7 Å². The fourth-order valence-corrected chi connectivity index (χ4v) is 3.51. The lowest BCUT2D eigenvalue weighted by molar-refractivity contribution is -0.139. The summed E-state index contributed by atoms with van der Waals surface area (Å²) in [5.41, 5.74) is 1.53. The third-order valence-electron chi connectivity index (χ3n) is 4.52. The van der Waals surface area contributed by atoms with Crippen LogP contribution < -0.4 is 5.32 Å². The first-order valence-corrected chi connectivity index (χ1v) is 8.73. The molecular weight excluding hydrogens is 377 g/mol. The Balaban J connectivity index is 1.69. The maximum Gasteiger partial charge on any atom is 0.317 e. The maximum absolute atomic E-state index is 13.6. The Labute approximate surface area is 148 Å². The number of rotatable bonds is 6. The van der Waals surface area contributed by atoms with Crippen molar-refractivity contribution in [1.29, 1.82) is 0 Å². The number of hydrogen-bond acceptors (Lipinski definition) is 4. The van der Waals surface area contributed by atoms with Crippen molar-refractivity contribution in [3.8, 4) is 0 Å². The molecule has 2 N–H and O–H groups in total. The largest absolute Gasteiger partial charge is 0.480 e. The minimum absolute atomic E-state index is 0.0816. The smallest absolute Gasteiger partial charge is 0.317 e. The van der Waals surface area contributed by atoms with Crippen LogP contribution in [-0.4, -0.2) is 46.1 Å². The predicted molar refractivity (Wildman–Crippen MR) is 94.7 cm³/mol. The Morgan fingerprint density at radius 3 is 2.92 bits per heavy atom. The number of halogens is 2. The molecule has 0 spiro atoms. The number of hydrogen-bond donors (Lipinski definition) is 2. The van der Waals surface area contributed by atoms with Crippen molar-refractivity contribution in [1.82, 2.24) is 9.88 Å². The van der Waals surface area contributed by atoms with E-state index < -0.39 is 5.97 Å². The van der Waals surface area contributed by atoms with E-state index >= 15 is 0 Å². The van der Waals surface area contributed by atoms with Gasteiger partial charge in [-0.15, -0.1) is 0 Å². The van der Waals surface area contributed by atoms with Gasteiger partial charge in [0.2, 0.25) is 0 Å². The normalized spacial score (nSPS) is 20.2. The van der Waals surface area contributed by atoms with Crippen molar-refractivity contribution >= 4 is 38.5 Å². The summed E-state index contributed by atoms with van der Waals surface area (Å²) in [6, 6.07) is 5.61. The van der Waals surface area contributed by atoms with E-state index in [1.165, 1.54) is 6.07 Å². The van der Waals surface area contributed by atoms with Crippen LogP contribution in [0.25, 0.3) is 10.9 Å². The number of carboxylic acid groups (broad SMARTS) is 1. The Bertz CT molecular complexity index is 765. The van der Waals surface area contributed by atoms with Crippen LogP contribution in [-0.2, 0) is 4.79 Å². The maximum atomic E-state index is 13.6. The molecular formula is C17H19BrFN3O2. The minimum Gasteiger partial charge on any atom is -0.480 e. The van der Waals surface area contributed by atoms with Crippen LogP contribution in [0, 0.1) is 5.82 Å². The van der Waals surface area contributed by atoms with Crippen molar-refractivity contribution < 1.29 is 14.3 Å². The third-order valence-corrected chi connectivity index (χ3v) is 5.13. The van der Waals surface area contributed by atoms with E-state index in [0.717, 1.165) is 30.5 Å². The molecule has 0 unspecified atom stereocenters. The number of carbonyl (C=O) groups is 1. The molecule has 0 amide bonds. The SMILES string of the molecule is CCN(CC(=O)O)C1CC(Nc2ccnc3cc(F)c(Br)cc23)C1. The lowest BCUT2D eigenvalue weighted by atomic mass is 9.85. The quantitative estimate of drug-likeness (QED) is 0.783. The molecule has 7 heteroatoms. The summed E-state index contributed by atoms with van der Waals surface area (Å²) in [5.74, 6) is -1.12. The van der Waals surface area contributed by atoms with Gasteiger partial charge < -0.3 is 10.4 Å². The van der Waals surface area contributed by atoms with E-state index in [1.807, 2.05) is 17.9 Å². The molecule has 128 valence electrons. The first kappa shape index (κ1) is 17.1. The number of pyridine rings is 1. The van der Waals surface area contributed by atoms with Crippen molar-refractivity contribution in [2.24, 2.45) is 0 Å². The third kappa shape index (κ3) is 3.52. The van der Waals surface area contributed by atoms with Gasteiger partial charge in [0.1, 0.15) is 5.82 Å². The second-order valence-corrected chi connectivity index (χ2v) is 6.92. The summed E-state index contributed by atoms with van der Waals surface area (Å²) >= 11 is 3.22. The fourth-order valence-electron chi connectivity index (χ4n) is 3.16. The van der Waals surface area contributed by atoms with Gasteiger partial charge in [-0.3, -0.25) is 14.7 Å². The molecule has 1 fully saturated rings. The van der Waals surface area contributed by atoms with Gasteiger partial charge in [-0.1, -0.05) is 6.92 Å². The van der Waals surface area contributed by atoms with E-state index in [2.05, 4.69) is 26.2 Å². The molecule has 0 bridgehead atoms. The van der Waals surface area contributed by atoms with E-state index in [4.69, 9.17) is 5.11 Å². The average Bonchev–Trinajstić information content (AvgIpc) is 2.50. The van der Waals surface area contributed by atoms with Crippen molar-refractivity contribution in [2.45, 2.75) is 31.8 Å². The Hall–Kier alpha value is -1.73. The number of likely N-dealkylation sites (N-methyl/N-ethyl adjacent to an activating group) is 1. The summed E-state index contributed by atoms with van der Waals surface area (Å²) in [7, 11) is 0. The lowest BCUT2D eigenvalue weighted by Crippen LogP contribution is -2.51. The first-order valence-electron chi connectivity index (χ1n) is 7.94. The van der Waals surface area contributed by atoms with Gasteiger partial charge in [-0.05, 0) is 47.4 Å². The number of nitrogens with one attached hydrogen (secondary N) is 1. The van der Waals surface area contributed by atoms with E-state index in [9.17, 15) is 9.18 Å². The monoisotopic (exact) mass is 395 g/mol. The number of aliphatic carboxylic acids is 1. The summed E-state index contributed by atoms with van der Waals surface area (Å²) in [5, 5.41) is 13.3. The zero-order valence-corrected chi connectivity index (χ0v) is 14.9. The van der Waals surface area contributed by atoms with Crippen LogP contribution in [0.2, 0.25) is 0 Å². The van der Waals surface area contributed by atoms with Crippen LogP contribution in [0.15, 0.2) is 28.9 Å². The van der Waals surface area contributed by atoms with E-state index in [0.29, 0.717) is 16.0 Å². The van der Waals surface area contributed by atoms with E-state index in [1.54, 1.807) is 12.3 Å².